The molecule has 4 heteroatoms. The number of thioether (sulfide) groups is 1. The number of unbranched alkanes of at least 4 members (excludes halogenated alkanes) is 1. The summed E-state index contributed by atoms with van der Waals surface area (Å²) < 4.78 is 27.5. The van der Waals surface area contributed by atoms with E-state index in [2.05, 4.69) is 29.4 Å². The largest absolute Gasteiger partial charge is 0.206 e. The van der Waals surface area contributed by atoms with Crippen molar-refractivity contribution in [3.05, 3.63) is 40.4 Å². The molecule has 0 spiro atoms. The predicted molar refractivity (Wildman–Crippen MR) is 70.5 cm³/mol. The average Bonchev–Trinajstić information content (AvgIpc) is 2.16. The summed E-state index contributed by atoms with van der Waals surface area (Å²) in [7, 11) is 0. The van der Waals surface area contributed by atoms with Crippen molar-refractivity contribution in [3.63, 3.8) is 0 Å². The summed E-state index contributed by atoms with van der Waals surface area (Å²) in [5.74, 6) is -0.300. The van der Waals surface area contributed by atoms with Gasteiger partial charge in [0, 0.05) is 9.38 Å². The molecule has 0 amide bonds. The van der Waals surface area contributed by atoms with Gasteiger partial charge in [-0.2, -0.15) is 0 Å². The minimum Gasteiger partial charge on any atom is -0.206 e. The van der Waals surface area contributed by atoms with Crippen molar-refractivity contribution in [3.8, 4) is 0 Å². The lowest BCUT2D eigenvalue weighted by atomic mass is 10.2. The summed E-state index contributed by atoms with van der Waals surface area (Å²) >= 11 is 4.44. The number of rotatable bonds is 5. The fourth-order valence-corrected chi connectivity index (χ4v) is 2.64. The van der Waals surface area contributed by atoms with Gasteiger partial charge in [0.25, 0.3) is 0 Å². The van der Waals surface area contributed by atoms with E-state index in [1.807, 2.05) is 0 Å². The van der Waals surface area contributed by atoms with E-state index < -0.39 is 11.6 Å². The van der Waals surface area contributed by atoms with Gasteiger partial charge >= 0.3 is 0 Å². The maximum atomic E-state index is 13.5. The predicted octanol–water partition coefficient (Wildman–Crippen LogP) is 5.23. The molecule has 0 aliphatic heterocycles. The van der Waals surface area contributed by atoms with Crippen molar-refractivity contribution in [2.45, 2.75) is 19.8 Å². The molecule has 16 heavy (non-hydrogen) atoms. The summed E-state index contributed by atoms with van der Waals surface area (Å²) in [5.41, 5.74) is -0.00990. The third kappa shape index (κ3) is 3.59. The SMILES string of the molecule is C=C(SCCCC)c1c(F)cc(Br)cc1F. The fraction of sp³-hybridized carbons (Fsp3) is 0.333. The molecule has 0 saturated carbocycles. The van der Waals surface area contributed by atoms with Crippen LogP contribution >= 0.6 is 27.7 Å². The van der Waals surface area contributed by atoms with Crippen LogP contribution in [0.5, 0.6) is 0 Å². The lowest BCUT2D eigenvalue weighted by Gasteiger charge is -2.08. The Morgan fingerprint density at radius 1 is 1.38 bits per heavy atom. The summed E-state index contributed by atoms with van der Waals surface area (Å²) in [6.45, 7) is 5.79. The Balaban J connectivity index is 2.83. The number of benzene rings is 1. The first-order valence-corrected chi connectivity index (χ1v) is 6.80. The molecule has 0 fully saturated rings. The number of hydrogen-bond acceptors (Lipinski definition) is 1. The minimum atomic E-state index is -0.569. The second kappa shape index (κ2) is 6.40. The van der Waals surface area contributed by atoms with Crippen molar-refractivity contribution in [2.24, 2.45) is 0 Å². The summed E-state index contributed by atoms with van der Waals surface area (Å²) in [6.07, 6.45) is 2.08. The quantitative estimate of drug-likeness (QED) is 0.671. The van der Waals surface area contributed by atoms with E-state index in [0.29, 0.717) is 9.38 Å². The van der Waals surface area contributed by atoms with Crippen molar-refractivity contribution < 1.29 is 8.78 Å². The Morgan fingerprint density at radius 3 is 2.44 bits per heavy atom. The second-order valence-electron chi connectivity index (χ2n) is 3.37. The first-order valence-electron chi connectivity index (χ1n) is 5.03. The molecule has 0 aromatic heterocycles. The third-order valence-corrected chi connectivity index (χ3v) is 3.56. The third-order valence-electron chi connectivity index (χ3n) is 2.06. The summed E-state index contributed by atoms with van der Waals surface area (Å²) in [6, 6.07) is 2.51. The lowest BCUT2D eigenvalue weighted by molar-refractivity contribution is 0.577. The van der Waals surface area contributed by atoms with Crippen LogP contribution in [0, 0.1) is 11.6 Å². The molecule has 1 aromatic carbocycles. The highest BCUT2D eigenvalue weighted by Gasteiger charge is 2.13. The molecule has 0 atom stereocenters. The van der Waals surface area contributed by atoms with Crippen LogP contribution in [0.2, 0.25) is 0 Å². The van der Waals surface area contributed by atoms with Gasteiger partial charge in [0.1, 0.15) is 11.6 Å². The van der Waals surface area contributed by atoms with Crippen molar-refractivity contribution in [1.29, 1.82) is 0 Å². The van der Waals surface area contributed by atoms with Crippen LogP contribution in [-0.4, -0.2) is 5.75 Å². The first-order chi connectivity index (χ1) is 7.56. The van der Waals surface area contributed by atoms with Crippen molar-refractivity contribution >= 4 is 32.6 Å². The highest BCUT2D eigenvalue weighted by molar-refractivity contribution is 9.10. The highest BCUT2D eigenvalue weighted by Crippen LogP contribution is 2.32. The molecule has 0 saturated heterocycles. The van der Waals surface area contributed by atoms with Crippen LogP contribution in [0.1, 0.15) is 25.3 Å². The van der Waals surface area contributed by atoms with E-state index in [1.54, 1.807) is 0 Å². The van der Waals surface area contributed by atoms with Gasteiger partial charge in [0.05, 0.1) is 5.56 Å². The van der Waals surface area contributed by atoms with Crippen LogP contribution in [0.15, 0.2) is 23.2 Å². The molecule has 0 bridgehead atoms. The van der Waals surface area contributed by atoms with Gasteiger partial charge in [-0.25, -0.2) is 8.78 Å². The van der Waals surface area contributed by atoms with Gasteiger partial charge < -0.3 is 0 Å². The Hall–Kier alpha value is -0.350. The average molecular weight is 307 g/mol. The molecule has 88 valence electrons. The van der Waals surface area contributed by atoms with Gasteiger partial charge in [-0.1, -0.05) is 35.9 Å². The molecule has 1 rings (SSSR count). The van der Waals surface area contributed by atoms with E-state index in [9.17, 15) is 8.78 Å². The Labute approximate surface area is 107 Å². The zero-order valence-corrected chi connectivity index (χ0v) is 11.4. The van der Waals surface area contributed by atoms with Gasteiger partial charge in [-0.15, -0.1) is 11.8 Å². The van der Waals surface area contributed by atoms with Crippen molar-refractivity contribution in [1.82, 2.24) is 0 Å². The Bertz CT molecular complexity index is 368. The van der Waals surface area contributed by atoms with Crippen LogP contribution < -0.4 is 0 Å². The Morgan fingerprint density at radius 2 is 1.94 bits per heavy atom. The number of halogens is 3. The van der Waals surface area contributed by atoms with E-state index in [0.717, 1.165) is 18.6 Å². The molecular formula is C12H13BrF2S. The van der Waals surface area contributed by atoms with Gasteiger partial charge in [-0.05, 0) is 24.3 Å². The lowest BCUT2D eigenvalue weighted by Crippen LogP contribution is -1.93. The highest BCUT2D eigenvalue weighted by atomic mass is 79.9. The van der Waals surface area contributed by atoms with E-state index in [1.165, 1.54) is 23.9 Å². The van der Waals surface area contributed by atoms with E-state index in [4.69, 9.17) is 0 Å². The standard InChI is InChI=1S/C12H13BrF2S/c1-3-4-5-16-8(2)12-10(14)6-9(13)7-11(12)15/h6-7H,2-5H2,1H3. The van der Waals surface area contributed by atoms with Crippen LogP contribution in [0.4, 0.5) is 8.78 Å². The molecule has 0 radical (unpaired) electrons. The molecule has 0 nitrogen and oxygen atoms in total. The molecule has 0 aliphatic rings. The molecular weight excluding hydrogens is 294 g/mol. The summed E-state index contributed by atoms with van der Waals surface area (Å²) in [5, 5.41) is 0. The zero-order valence-electron chi connectivity index (χ0n) is 9.03. The van der Waals surface area contributed by atoms with Crippen LogP contribution in [0.3, 0.4) is 0 Å². The molecule has 0 heterocycles. The van der Waals surface area contributed by atoms with Gasteiger partial charge in [-0.3, -0.25) is 0 Å². The van der Waals surface area contributed by atoms with Crippen LogP contribution in [-0.2, 0) is 0 Å². The van der Waals surface area contributed by atoms with E-state index >= 15 is 0 Å². The minimum absolute atomic E-state index is 0.00990. The molecule has 0 aliphatic carbocycles. The Kier molecular flexibility index (Phi) is 5.49. The topological polar surface area (TPSA) is 0 Å². The maximum absolute atomic E-state index is 13.5. The van der Waals surface area contributed by atoms with E-state index in [-0.39, 0.29) is 5.56 Å². The van der Waals surface area contributed by atoms with Crippen molar-refractivity contribution in [2.75, 3.05) is 5.75 Å². The normalized spacial score (nSPS) is 10.5. The second-order valence-corrected chi connectivity index (χ2v) is 5.48. The first kappa shape index (κ1) is 13.7. The number of hydrogen-bond donors (Lipinski definition) is 0. The molecule has 0 N–H and O–H groups in total. The fourth-order valence-electron chi connectivity index (χ4n) is 1.22. The smallest absolute Gasteiger partial charge is 0.135 e. The van der Waals surface area contributed by atoms with Gasteiger partial charge in [0.2, 0.25) is 0 Å². The van der Waals surface area contributed by atoms with Gasteiger partial charge in [0.15, 0.2) is 0 Å². The zero-order chi connectivity index (χ0) is 12.1. The monoisotopic (exact) mass is 306 g/mol. The maximum Gasteiger partial charge on any atom is 0.135 e. The summed E-state index contributed by atoms with van der Waals surface area (Å²) in [4.78, 5) is 0.455. The molecule has 1 aromatic rings. The molecule has 0 unspecified atom stereocenters. The van der Waals surface area contributed by atoms with Crippen LogP contribution in [0.25, 0.3) is 4.91 Å².